The number of nitrogens with one attached hydrogen (secondary N) is 4. The molecule has 4 N–H and O–H groups in total. The Labute approximate surface area is 178 Å². The topological polar surface area (TPSA) is 103 Å². The normalized spacial score (nSPS) is 19.4. The maximum Gasteiger partial charge on any atom is 0.321 e. The SMILES string of the molecule is CC(C)NC(=O)C1CCCN(C(=O)Nc2ccc(NC(=O)NC3CCCC3)cc2)C1. The number of urea groups is 2. The van der Waals surface area contributed by atoms with Crippen LogP contribution in [0.25, 0.3) is 0 Å². The molecule has 1 aromatic carbocycles. The number of amides is 5. The number of benzene rings is 1. The van der Waals surface area contributed by atoms with E-state index < -0.39 is 0 Å². The van der Waals surface area contributed by atoms with Crippen molar-refractivity contribution < 1.29 is 14.4 Å². The number of piperidine rings is 1. The van der Waals surface area contributed by atoms with Crippen molar-refractivity contribution >= 4 is 29.3 Å². The summed E-state index contributed by atoms with van der Waals surface area (Å²) in [6, 6.07) is 6.99. The van der Waals surface area contributed by atoms with E-state index in [-0.39, 0.29) is 36.0 Å². The summed E-state index contributed by atoms with van der Waals surface area (Å²) >= 11 is 0. The number of carbonyl (C=O) groups excluding carboxylic acids is 3. The summed E-state index contributed by atoms with van der Waals surface area (Å²) in [5.41, 5.74) is 1.32. The zero-order chi connectivity index (χ0) is 21.5. The van der Waals surface area contributed by atoms with Crippen molar-refractivity contribution in [3.05, 3.63) is 24.3 Å². The van der Waals surface area contributed by atoms with E-state index >= 15 is 0 Å². The van der Waals surface area contributed by atoms with Crippen LogP contribution in [0.4, 0.5) is 21.0 Å². The molecular formula is C22H33N5O3. The van der Waals surface area contributed by atoms with Gasteiger partial charge in [-0.25, -0.2) is 9.59 Å². The predicted octanol–water partition coefficient (Wildman–Crippen LogP) is 3.52. The number of anilines is 2. The van der Waals surface area contributed by atoms with Crippen LogP contribution >= 0.6 is 0 Å². The Morgan fingerprint density at radius 1 is 0.933 bits per heavy atom. The molecule has 0 aromatic heterocycles. The van der Waals surface area contributed by atoms with Gasteiger partial charge in [0, 0.05) is 36.5 Å². The lowest BCUT2D eigenvalue weighted by atomic mass is 9.97. The highest BCUT2D eigenvalue weighted by Gasteiger charge is 2.28. The van der Waals surface area contributed by atoms with Gasteiger partial charge in [0.2, 0.25) is 5.91 Å². The van der Waals surface area contributed by atoms with Gasteiger partial charge in [-0.1, -0.05) is 12.8 Å². The first-order valence-corrected chi connectivity index (χ1v) is 10.9. The summed E-state index contributed by atoms with van der Waals surface area (Å²) in [6.07, 6.45) is 6.01. The highest BCUT2D eigenvalue weighted by Crippen LogP contribution is 2.20. The monoisotopic (exact) mass is 415 g/mol. The smallest absolute Gasteiger partial charge is 0.321 e. The zero-order valence-electron chi connectivity index (χ0n) is 17.9. The molecule has 1 aliphatic carbocycles. The minimum absolute atomic E-state index is 0.00816. The van der Waals surface area contributed by atoms with Crippen LogP contribution in [-0.4, -0.2) is 48.0 Å². The van der Waals surface area contributed by atoms with Gasteiger partial charge in [0.25, 0.3) is 0 Å². The summed E-state index contributed by atoms with van der Waals surface area (Å²) in [4.78, 5) is 38.6. The van der Waals surface area contributed by atoms with Crippen LogP contribution in [0.2, 0.25) is 0 Å². The molecule has 0 spiro atoms. The van der Waals surface area contributed by atoms with Crippen LogP contribution in [-0.2, 0) is 4.79 Å². The Hall–Kier alpha value is -2.77. The first-order valence-electron chi connectivity index (χ1n) is 10.9. The van der Waals surface area contributed by atoms with E-state index in [0.717, 1.165) is 25.7 Å². The number of hydrogen-bond acceptors (Lipinski definition) is 3. The molecule has 164 valence electrons. The van der Waals surface area contributed by atoms with E-state index in [0.29, 0.717) is 24.5 Å². The van der Waals surface area contributed by atoms with E-state index in [4.69, 9.17) is 0 Å². The van der Waals surface area contributed by atoms with Gasteiger partial charge >= 0.3 is 12.1 Å². The molecule has 1 unspecified atom stereocenters. The fourth-order valence-electron chi connectivity index (χ4n) is 4.04. The Balaban J connectivity index is 1.47. The fourth-order valence-corrected chi connectivity index (χ4v) is 4.04. The van der Waals surface area contributed by atoms with Crippen LogP contribution < -0.4 is 21.3 Å². The Morgan fingerprint density at radius 3 is 2.20 bits per heavy atom. The quantitative estimate of drug-likeness (QED) is 0.592. The predicted molar refractivity (Wildman–Crippen MR) is 117 cm³/mol. The van der Waals surface area contributed by atoms with E-state index in [9.17, 15) is 14.4 Å². The molecule has 1 aromatic rings. The first kappa shape index (κ1) is 21.9. The summed E-state index contributed by atoms with van der Waals surface area (Å²) in [5, 5.41) is 11.6. The van der Waals surface area contributed by atoms with Gasteiger partial charge in [0.1, 0.15) is 0 Å². The molecule has 8 nitrogen and oxygen atoms in total. The van der Waals surface area contributed by atoms with Crippen molar-refractivity contribution in [2.75, 3.05) is 23.7 Å². The van der Waals surface area contributed by atoms with Crippen LogP contribution in [0.5, 0.6) is 0 Å². The molecule has 1 saturated heterocycles. The fraction of sp³-hybridized carbons (Fsp3) is 0.591. The highest BCUT2D eigenvalue weighted by molar-refractivity contribution is 5.92. The van der Waals surface area contributed by atoms with Crippen molar-refractivity contribution in [1.29, 1.82) is 0 Å². The molecule has 8 heteroatoms. The van der Waals surface area contributed by atoms with Crippen LogP contribution in [0.15, 0.2) is 24.3 Å². The van der Waals surface area contributed by atoms with E-state index in [1.54, 1.807) is 29.2 Å². The van der Waals surface area contributed by atoms with Crippen LogP contribution in [0, 0.1) is 5.92 Å². The summed E-state index contributed by atoms with van der Waals surface area (Å²) < 4.78 is 0. The van der Waals surface area contributed by atoms with E-state index in [1.807, 2.05) is 13.8 Å². The van der Waals surface area contributed by atoms with Crippen molar-refractivity contribution in [2.24, 2.45) is 5.92 Å². The molecule has 0 radical (unpaired) electrons. The lowest BCUT2D eigenvalue weighted by Crippen LogP contribution is -2.47. The third-order valence-corrected chi connectivity index (χ3v) is 5.59. The van der Waals surface area contributed by atoms with Gasteiger partial charge in [-0.2, -0.15) is 0 Å². The molecule has 1 heterocycles. The number of nitrogens with zero attached hydrogens (tertiary/aromatic N) is 1. The van der Waals surface area contributed by atoms with Gasteiger partial charge in [-0.15, -0.1) is 0 Å². The lowest BCUT2D eigenvalue weighted by molar-refractivity contribution is -0.126. The molecule has 1 saturated carbocycles. The third kappa shape index (κ3) is 6.37. The molecule has 1 aliphatic heterocycles. The Morgan fingerprint density at radius 2 is 1.57 bits per heavy atom. The third-order valence-electron chi connectivity index (χ3n) is 5.59. The van der Waals surface area contributed by atoms with Gasteiger partial charge < -0.3 is 26.2 Å². The second-order valence-corrected chi connectivity index (χ2v) is 8.54. The van der Waals surface area contributed by atoms with Gasteiger partial charge in [-0.05, 0) is 63.8 Å². The largest absolute Gasteiger partial charge is 0.354 e. The molecule has 2 fully saturated rings. The van der Waals surface area contributed by atoms with Gasteiger partial charge in [0.15, 0.2) is 0 Å². The highest BCUT2D eigenvalue weighted by atomic mass is 16.2. The number of carbonyl (C=O) groups is 3. The Bertz CT molecular complexity index is 744. The maximum atomic E-state index is 12.6. The van der Waals surface area contributed by atoms with Crippen LogP contribution in [0.3, 0.4) is 0 Å². The molecular weight excluding hydrogens is 382 g/mol. The summed E-state index contributed by atoms with van der Waals surface area (Å²) in [7, 11) is 0. The molecule has 3 rings (SSSR count). The van der Waals surface area contributed by atoms with Crippen molar-refractivity contribution in [3.63, 3.8) is 0 Å². The zero-order valence-corrected chi connectivity index (χ0v) is 17.9. The van der Waals surface area contributed by atoms with Gasteiger partial charge in [-0.3, -0.25) is 4.79 Å². The maximum absolute atomic E-state index is 12.6. The van der Waals surface area contributed by atoms with Crippen molar-refractivity contribution in [1.82, 2.24) is 15.5 Å². The lowest BCUT2D eigenvalue weighted by Gasteiger charge is -2.32. The Kier molecular flexibility index (Phi) is 7.54. The average Bonchev–Trinajstić information content (AvgIpc) is 3.22. The second kappa shape index (κ2) is 10.3. The molecule has 5 amide bonds. The van der Waals surface area contributed by atoms with E-state index in [1.165, 1.54) is 12.8 Å². The van der Waals surface area contributed by atoms with Crippen molar-refractivity contribution in [3.8, 4) is 0 Å². The number of hydrogen-bond donors (Lipinski definition) is 4. The van der Waals surface area contributed by atoms with Crippen LogP contribution in [0.1, 0.15) is 52.4 Å². The minimum atomic E-state index is -0.211. The summed E-state index contributed by atoms with van der Waals surface area (Å²) in [6.45, 7) is 4.92. The second-order valence-electron chi connectivity index (χ2n) is 8.54. The number of likely N-dealkylation sites (tertiary alicyclic amines) is 1. The average molecular weight is 416 g/mol. The van der Waals surface area contributed by atoms with Gasteiger partial charge in [0.05, 0.1) is 5.92 Å². The molecule has 0 bridgehead atoms. The minimum Gasteiger partial charge on any atom is -0.354 e. The summed E-state index contributed by atoms with van der Waals surface area (Å²) in [5.74, 6) is -0.161. The molecule has 2 aliphatic rings. The van der Waals surface area contributed by atoms with E-state index in [2.05, 4.69) is 21.3 Å². The standard InChI is InChI=1S/C22H33N5O3/c1-15(2)23-20(28)16-6-5-13-27(14-16)22(30)26-19-11-9-18(10-12-19)25-21(29)24-17-7-3-4-8-17/h9-12,15-17H,3-8,13-14H2,1-2H3,(H,23,28)(H,26,30)(H2,24,25,29). The molecule has 1 atom stereocenters. The number of rotatable bonds is 5. The first-order chi connectivity index (χ1) is 14.4. The molecule has 30 heavy (non-hydrogen) atoms. The van der Waals surface area contributed by atoms with Crippen molar-refractivity contribution in [2.45, 2.75) is 64.5 Å².